The maximum Gasteiger partial charge on any atom is 0.408 e. The zero-order valence-corrected chi connectivity index (χ0v) is 22.3. The molecule has 0 heterocycles. The third-order valence-corrected chi connectivity index (χ3v) is 4.83. The number of nitrogens with one attached hydrogen (secondary N) is 5. The number of carbonyl (C=O) groups is 6. The van der Waals surface area contributed by atoms with Crippen LogP contribution in [0.15, 0.2) is 30.3 Å². The number of rotatable bonds is 13. The van der Waals surface area contributed by atoms with Gasteiger partial charge in [0.15, 0.2) is 0 Å². The van der Waals surface area contributed by atoms with E-state index >= 15 is 0 Å². The topological polar surface area (TPSA) is 192 Å². The molecule has 210 valence electrons. The van der Waals surface area contributed by atoms with Crippen molar-refractivity contribution in [2.24, 2.45) is 5.92 Å². The standard InChI is InChI=1S/C25H37N5O8/c1-15(2)21(23(36)27-14-20(33)34)30-19(32)12-26-22(35)17(11-16-9-7-6-8-10-16)29-18(31)13-28-24(37)38-25(3,4)5/h6-10,15,17,21H,11-14H2,1-5H3,(H,26,35)(H,27,36)(H,28,37)(H,29,31)(H,30,32)(H,33,34)/t17-,21-/m0/s1. The molecular formula is C25H37N5O8. The van der Waals surface area contributed by atoms with E-state index in [1.54, 1.807) is 65.0 Å². The summed E-state index contributed by atoms with van der Waals surface area (Å²) in [5.74, 6) is -4.25. The molecule has 13 heteroatoms. The van der Waals surface area contributed by atoms with Crippen molar-refractivity contribution in [1.82, 2.24) is 26.6 Å². The molecule has 1 aromatic carbocycles. The largest absolute Gasteiger partial charge is 0.480 e. The highest BCUT2D eigenvalue weighted by atomic mass is 16.6. The van der Waals surface area contributed by atoms with Crippen LogP contribution < -0.4 is 26.6 Å². The molecule has 5 amide bonds. The van der Waals surface area contributed by atoms with Gasteiger partial charge in [-0.15, -0.1) is 0 Å². The number of carboxylic acid groups (broad SMARTS) is 1. The average Bonchev–Trinajstić information content (AvgIpc) is 2.82. The van der Waals surface area contributed by atoms with E-state index in [2.05, 4.69) is 26.6 Å². The van der Waals surface area contributed by atoms with E-state index in [-0.39, 0.29) is 12.3 Å². The number of amides is 5. The Balaban J connectivity index is 2.77. The Morgan fingerprint density at radius 1 is 0.816 bits per heavy atom. The number of aliphatic carboxylic acids is 1. The normalized spacial score (nSPS) is 12.5. The van der Waals surface area contributed by atoms with Crippen LogP contribution in [0.2, 0.25) is 0 Å². The van der Waals surface area contributed by atoms with Gasteiger partial charge in [-0.25, -0.2) is 4.79 Å². The van der Waals surface area contributed by atoms with Gasteiger partial charge in [0, 0.05) is 6.42 Å². The minimum atomic E-state index is -1.23. The summed E-state index contributed by atoms with van der Waals surface area (Å²) < 4.78 is 5.08. The van der Waals surface area contributed by atoms with Crippen LogP contribution in [0.3, 0.4) is 0 Å². The average molecular weight is 536 g/mol. The number of carbonyl (C=O) groups excluding carboxylic acids is 5. The fourth-order valence-corrected chi connectivity index (χ4v) is 3.09. The predicted molar refractivity (Wildman–Crippen MR) is 137 cm³/mol. The molecule has 0 aliphatic heterocycles. The summed E-state index contributed by atoms with van der Waals surface area (Å²) in [6, 6.07) is 6.78. The van der Waals surface area contributed by atoms with E-state index in [0.29, 0.717) is 0 Å². The lowest BCUT2D eigenvalue weighted by molar-refractivity contribution is -0.138. The Morgan fingerprint density at radius 2 is 1.37 bits per heavy atom. The molecule has 0 saturated carbocycles. The van der Waals surface area contributed by atoms with E-state index in [9.17, 15) is 28.8 Å². The molecule has 0 aliphatic carbocycles. The molecule has 0 aromatic heterocycles. The summed E-state index contributed by atoms with van der Waals surface area (Å²) in [7, 11) is 0. The van der Waals surface area contributed by atoms with Crippen LogP contribution in [0.4, 0.5) is 4.79 Å². The van der Waals surface area contributed by atoms with Gasteiger partial charge in [0.05, 0.1) is 6.54 Å². The molecule has 2 atom stereocenters. The summed E-state index contributed by atoms with van der Waals surface area (Å²) in [5, 5.41) is 20.7. The lowest BCUT2D eigenvalue weighted by Gasteiger charge is -2.22. The van der Waals surface area contributed by atoms with Crippen molar-refractivity contribution < 1.29 is 38.6 Å². The molecule has 1 rings (SSSR count). The molecule has 0 radical (unpaired) electrons. The van der Waals surface area contributed by atoms with Gasteiger partial charge in [0.25, 0.3) is 0 Å². The molecular weight excluding hydrogens is 498 g/mol. The van der Waals surface area contributed by atoms with Gasteiger partial charge in [0.1, 0.15) is 30.8 Å². The molecule has 38 heavy (non-hydrogen) atoms. The second kappa shape index (κ2) is 15.2. The molecule has 0 bridgehead atoms. The van der Waals surface area contributed by atoms with Gasteiger partial charge in [-0.05, 0) is 32.3 Å². The minimum absolute atomic E-state index is 0.110. The first-order valence-corrected chi connectivity index (χ1v) is 12.0. The fraction of sp³-hybridized carbons (Fsp3) is 0.520. The number of carboxylic acids is 1. The molecule has 1 aromatic rings. The highest BCUT2D eigenvalue weighted by Gasteiger charge is 2.26. The number of hydrogen-bond acceptors (Lipinski definition) is 7. The third kappa shape index (κ3) is 13.2. The van der Waals surface area contributed by atoms with Gasteiger partial charge in [-0.3, -0.25) is 24.0 Å². The number of benzene rings is 1. The van der Waals surface area contributed by atoms with Gasteiger partial charge in [0.2, 0.25) is 23.6 Å². The zero-order valence-electron chi connectivity index (χ0n) is 22.3. The smallest absolute Gasteiger partial charge is 0.408 e. The number of ether oxygens (including phenoxy) is 1. The van der Waals surface area contributed by atoms with Crippen molar-refractivity contribution in [3.8, 4) is 0 Å². The summed E-state index contributed by atoms with van der Waals surface area (Å²) in [6.45, 7) is 6.83. The van der Waals surface area contributed by atoms with Crippen molar-refractivity contribution in [3.63, 3.8) is 0 Å². The second-order valence-electron chi connectivity index (χ2n) is 9.78. The molecule has 0 fully saturated rings. The predicted octanol–water partition coefficient (Wildman–Crippen LogP) is -0.304. The van der Waals surface area contributed by atoms with E-state index in [1.807, 2.05) is 0 Å². The van der Waals surface area contributed by atoms with E-state index in [0.717, 1.165) is 5.56 Å². The van der Waals surface area contributed by atoms with Gasteiger partial charge in [-0.2, -0.15) is 0 Å². The summed E-state index contributed by atoms with van der Waals surface area (Å²) in [4.78, 5) is 72.5. The Kier molecular flexibility index (Phi) is 12.7. The Hall–Kier alpha value is -4.16. The van der Waals surface area contributed by atoms with Crippen LogP contribution in [-0.4, -0.2) is 78.1 Å². The first-order chi connectivity index (χ1) is 17.7. The van der Waals surface area contributed by atoms with Crippen LogP contribution in [0, 0.1) is 5.92 Å². The van der Waals surface area contributed by atoms with E-state index in [1.165, 1.54) is 0 Å². The molecule has 6 N–H and O–H groups in total. The SMILES string of the molecule is CC(C)[C@H](NC(=O)CNC(=O)[C@H](Cc1ccccc1)NC(=O)CNC(=O)OC(C)(C)C)C(=O)NCC(=O)O. The Labute approximate surface area is 221 Å². The Morgan fingerprint density at radius 3 is 1.92 bits per heavy atom. The first kappa shape index (κ1) is 31.9. The van der Waals surface area contributed by atoms with Crippen LogP contribution in [0.5, 0.6) is 0 Å². The first-order valence-electron chi connectivity index (χ1n) is 12.0. The van der Waals surface area contributed by atoms with Crippen molar-refractivity contribution in [3.05, 3.63) is 35.9 Å². The fourth-order valence-electron chi connectivity index (χ4n) is 3.09. The van der Waals surface area contributed by atoms with E-state index in [4.69, 9.17) is 9.84 Å². The molecule has 0 spiro atoms. The number of alkyl carbamates (subject to hydrolysis) is 1. The lowest BCUT2D eigenvalue weighted by Crippen LogP contribution is -2.55. The quantitative estimate of drug-likeness (QED) is 0.198. The zero-order chi connectivity index (χ0) is 28.9. The van der Waals surface area contributed by atoms with Gasteiger partial charge < -0.3 is 36.4 Å². The lowest BCUT2D eigenvalue weighted by atomic mass is 10.0. The molecule has 0 aliphatic rings. The molecule has 0 saturated heterocycles. The number of hydrogen-bond donors (Lipinski definition) is 6. The van der Waals surface area contributed by atoms with Crippen molar-refractivity contribution in [2.75, 3.05) is 19.6 Å². The highest BCUT2D eigenvalue weighted by Crippen LogP contribution is 2.07. The molecule has 13 nitrogen and oxygen atoms in total. The summed E-state index contributed by atoms with van der Waals surface area (Å²) in [5.41, 5.74) is -0.00461. The molecule has 0 unspecified atom stereocenters. The van der Waals surface area contributed by atoms with Crippen molar-refractivity contribution in [2.45, 2.75) is 58.7 Å². The maximum absolute atomic E-state index is 12.9. The summed E-state index contributed by atoms with van der Waals surface area (Å²) in [6.07, 6.45) is -0.681. The second-order valence-corrected chi connectivity index (χ2v) is 9.78. The van der Waals surface area contributed by atoms with Crippen molar-refractivity contribution >= 4 is 35.7 Å². The van der Waals surface area contributed by atoms with Crippen LogP contribution in [0.1, 0.15) is 40.2 Å². The van der Waals surface area contributed by atoms with Gasteiger partial charge in [-0.1, -0.05) is 44.2 Å². The monoisotopic (exact) mass is 535 g/mol. The Bertz CT molecular complexity index is 991. The van der Waals surface area contributed by atoms with E-state index < -0.39 is 73.0 Å². The van der Waals surface area contributed by atoms with Crippen LogP contribution in [0.25, 0.3) is 0 Å². The van der Waals surface area contributed by atoms with Crippen LogP contribution in [-0.2, 0) is 35.1 Å². The minimum Gasteiger partial charge on any atom is -0.480 e. The van der Waals surface area contributed by atoms with Gasteiger partial charge >= 0.3 is 12.1 Å². The highest BCUT2D eigenvalue weighted by molar-refractivity contribution is 5.93. The summed E-state index contributed by atoms with van der Waals surface area (Å²) >= 11 is 0. The third-order valence-electron chi connectivity index (χ3n) is 4.83. The van der Waals surface area contributed by atoms with Crippen LogP contribution >= 0.6 is 0 Å². The maximum atomic E-state index is 12.9. The van der Waals surface area contributed by atoms with Crippen molar-refractivity contribution in [1.29, 1.82) is 0 Å².